The van der Waals surface area contributed by atoms with E-state index in [4.69, 9.17) is 9.47 Å². The summed E-state index contributed by atoms with van der Waals surface area (Å²) in [6, 6.07) is 15.4. The van der Waals surface area contributed by atoms with Gasteiger partial charge in [-0.05, 0) is 47.5 Å². The summed E-state index contributed by atoms with van der Waals surface area (Å²) in [6.07, 6.45) is 3.47. The van der Waals surface area contributed by atoms with Gasteiger partial charge in [0, 0.05) is 6.54 Å². The number of carbonyl (C=O) groups excluding carboxylic acids is 2. The predicted molar refractivity (Wildman–Crippen MR) is 111 cm³/mol. The van der Waals surface area contributed by atoms with Crippen LogP contribution in [-0.4, -0.2) is 29.7 Å². The summed E-state index contributed by atoms with van der Waals surface area (Å²) in [5, 5.41) is -0.209. The van der Waals surface area contributed by atoms with Crippen molar-refractivity contribution >= 4 is 29.0 Å². The van der Waals surface area contributed by atoms with Gasteiger partial charge in [-0.15, -0.1) is 0 Å². The summed E-state index contributed by atoms with van der Waals surface area (Å²) in [5.74, 6) is 0.973. The van der Waals surface area contributed by atoms with E-state index in [2.05, 4.69) is 0 Å². The minimum atomic E-state index is -0.230. The van der Waals surface area contributed by atoms with Crippen LogP contribution in [0.15, 0.2) is 53.4 Å². The molecule has 2 aromatic carbocycles. The minimum Gasteiger partial charge on any atom is -0.493 e. The topological polar surface area (TPSA) is 55.8 Å². The van der Waals surface area contributed by atoms with E-state index in [1.807, 2.05) is 49.4 Å². The summed E-state index contributed by atoms with van der Waals surface area (Å²) in [7, 11) is 1.58. The fraction of sp³-hybridized carbons (Fsp3) is 0.273. The van der Waals surface area contributed by atoms with Gasteiger partial charge >= 0.3 is 0 Å². The molecule has 0 spiro atoms. The summed E-state index contributed by atoms with van der Waals surface area (Å²) in [5.41, 5.74) is 1.85. The van der Waals surface area contributed by atoms with Crippen molar-refractivity contribution in [1.82, 2.24) is 4.90 Å². The number of unbranched alkanes of at least 4 members (excludes halogenated alkanes) is 1. The van der Waals surface area contributed by atoms with Gasteiger partial charge in [0.05, 0.1) is 12.0 Å². The van der Waals surface area contributed by atoms with Gasteiger partial charge in [-0.25, -0.2) is 0 Å². The molecule has 1 aliphatic rings. The third kappa shape index (κ3) is 4.75. The van der Waals surface area contributed by atoms with Crippen LogP contribution in [0, 0.1) is 0 Å². The zero-order valence-corrected chi connectivity index (χ0v) is 16.8. The molecule has 1 fully saturated rings. The van der Waals surface area contributed by atoms with Crippen LogP contribution in [0.25, 0.3) is 6.08 Å². The number of amides is 2. The molecule has 0 saturated carbocycles. The first-order valence-corrected chi connectivity index (χ1v) is 10.0. The lowest BCUT2D eigenvalue weighted by molar-refractivity contribution is -0.122. The van der Waals surface area contributed by atoms with E-state index >= 15 is 0 Å². The van der Waals surface area contributed by atoms with E-state index in [-0.39, 0.29) is 11.1 Å². The minimum absolute atomic E-state index is 0.209. The SMILES string of the molecule is CCCCN1C(=O)SC(=Cc2ccc(OCc3ccccc3)c(OC)c2)C1=O. The Labute approximate surface area is 169 Å². The number of benzene rings is 2. The highest BCUT2D eigenvalue weighted by molar-refractivity contribution is 8.18. The number of hydrogen-bond acceptors (Lipinski definition) is 5. The molecule has 0 radical (unpaired) electrons. The van der Waals surface area contributed by atoms with Crippen LogP contribution < -0.4 is 9.47 Å². The molecule has 0 bridgehead atoms. The number of imide groups is 1. The quantitative estimate of drug-likeness (QED) is 0.579. The summed E-state index contributed by atoms with van der Waals surface area (Å²) in [4.78, 5) is 26.3. The van der Waals surface area contributed by atoms with Crippen molar-refractivity contribution in [2.24, 2.45) is 0 Å². The molecule has 28 heavy (non-hydrogen) atoms. The number of nitrogens with zero attached hydrogens (tertiary/aromatic N) is 1. The van der Waals surface area contributed by atoms with Crippen LogP contribution in [0.4, 0.5) is 4.79 Å². The van der Waals surface area contributed by atoms with Crippen molar-refractivity contribution < 1.29 is 19.1 Å². The number of thioether (sulfide) groups is 1. The highest BCUT2D eigenvalue weighted by atomic mass is 32.2. The lowest BCUT2D eigenvalue weighted by Crippen LogP contribution is -2.29. The first-order chi connectivity index (χ1) is 13.6. The molecule has 0 atom stereocenters. The normalized spacial score (nSPS) is 15.4. The average Bonchev–Trinajstić information content (AvgIpc) is 2.98. The molecule has 0 aromatic heterocycles. The Kier molecular flexibility index (Phi) is 6.76. The molecule has 1 aliphatic heterocycles. The van der Waals surface area contributed by atoms with E-state index in [0.717, 1.165) is 35.7 Å². The van der Waals surface area contributed by atoms with E-state index in [0.29, 0.717) is 29.6 Å². The van der Waals surface area contributed by atoms with Crippen LogP contribution >= 0.6 is 11.8 Å². The Bertz CT molecular complexity index is 879. The van der Waals surface area contributed by atoms with Crippen LogP contribution in [0.2, 0.25) is 0 Å². The van der Waals surface area contributed by atoms with Crippen molar-refractivity contribution in [3.05, 3.63) is 64.6 Å². The maximum Gasteiger partial charge on any atom is 0.293 e. The lowest BCUT2D eigenvalue weighted by atomic mass is 10.1. The molecule has 146 valence electrons. The predicted octanol–water partition coefficient (Wildman–Crippen LogP) is 5.11. The van der Waals surface area contributed by atoms with E-state index in [9.17, 15) is 9.59 Å². The van der Waals surface area contributed by atoms with Gasteiger partial charge in [0.2, 0.25) is 0 Å². The van der Waals surface area contributed by atoms with Crippen molar-refractivity contribution in [2.75, 3.05) is 13.7 Å². The first kappa shape index (κ1) is 20.0. The van der Waals surface area contributed by atoms with Gasteiger partial charge in [-0.3, -0.25) is 14.5 Å². The second-order valence-electron chi connectivity index (χ2n) is 6.37. The number of rotatable bonds is 8. The van der Waals surface area contributed by atoms with Crippen LogP contribution in [0.3, 0.4) is 0 Å². The molecular formula is C22H23NO4S. The third-order valence-corrected chi connectivity index (χ3v) is 5.24. The zero-order chi connectivity index (χ0) is 19.9. The summed E-state index contributed by atoms with van der Waals surface area (Å²) >= 11 is 0.979. The van der Waals surface area contributed by atoms with Crippen LogP contribution in [0.1, 0.15) is 30.9 Å². The number of hydrogen-bond donors (Lipinski definition) is 0. The van der Waals surface area contributed by atoms with Crippen molar-refractivity contribution in [2.45, 2.75) is 26.4 Å². The van der Waals surface area contributed by atoms with E-state index in [1.54, 1.807) is 19.3 Å². The molecule has 0 aliphatic carbocycles. The molecule has 1 saturated heterocycles. The Morgan fingerprint density at radius 1 is 1.07 bits per heavy atom. The number of ether oxygens (including phenoxy) is 2. The fourth-order valence-corrected chi connectivity index (χ4v) is 3.65. The molecule has 1 heterocycles. The average molecular weight is 397 g/mol. The Morgan fingerprint density at radius 3 is 2.57 bits per heavy atom. The van der Waals surface area contributed by atoms with Gasteiger partial charge in [0.15, 0.2) is 11.5 Å². The van der Waals surface area contributed by atoms with E-state index in [1.165, 1.54) is 4.90 Å². The highest BCUT2D eigenvalue weighted by Crippen LogP contribution is 2.34. The zero-order valence-electron chi connectivity index (χ0n) is 16.0. The monoisotopic (exact) mass is 397 g/mol. The molecule has 2 amide bonds. The Hall–Kier alpha value is -2.73. The maximum atomic E-state index is 12.5. The lowest BCUT2D eigenvalue weighted by Gasteiger charge is -2.12. The smallest absolute Gasteiger partial charge is 0.293 e. The van der Waals surface area contributed by atoms with E-state index < -0.39 is 0 Å². The van der Waals surface area contributed by atoms with Gasteiger partial charge in [0.1, 0.15) is 6.61 Å². The second-order valence-corrected chi connectivity index (χ2v) is 7.36. The van der Waals surface area contributed by atoms with Crippen molar-refractivity contribution in [3.63, 3.8) is 0 Å². The number of carbonyl (C=O) groups is 2. The summed E-state index contributed by atoms with van der Waals surface area (Å²) < 4.78 is 11.3. The van der Waals surface area contributed by atoms with Gasteiger partial charge in [-0.2, -0.15) is 0 Å². The van der Waals surface area contributed by atoms with Gasteiger partial charge in [0.25, 0.3) is 11.1 Å². The molecule has 6 heteroatoms. The van der Waals surface area contributed by atoms with Gasteiger partial charge < -0.3 is 9.47 Å². The molecular weight excluding hydrogens is 374 g/mol. The van der Waals surface area contributed by atoms with Crippen molar-refractivity contribution in [3.8, 4) is 11.5 Å². The fourth-order valence-electron chi connectivity index (χ4n) is 2.79. The molecule has 5 nitrogen and oxygen atoms in total. The third-order valence-electron chi connectivity index (χ3n) is 4.33. The summed E-state index contributed by atoms with van der Waals surface area (Å²) in [6.45, 7) is 2.93. The van der Waals surface area contributed by atoms with Gasteiger partial charge in [-0.1, -0.05) is 49.7 Å². The van der Waals surface area contributed by atoms with Crippen LogP contribution in [0.5, 0.6) is 11.5 Å². The van der Waals surface area contributed by atoms with Crippen LogP contribution in [-0.2, 0) is 11.4 Å². The Balaban J connectivity index is 1.74. The highest BCUT2D eigenvalue weighted by Gasteiger charge is 2.34. The van der Waals surface area contributed by atoms with Crippen molar-refractivity contribution in [1.29, 1.82) is 0 Å². The standard InChI is InChI=1S/C22H23NO4S/c1-3-4-12-23-21(24)20(28-22(23)25)14-17-10-11-18(19(13-17)26-2)27-15-16-8-6-5-7-9-16/h5-11,13-14H,3-4,12,15H2,1-2H3. The maximum absolute atomic E-state index is 12.5. The first-order valence-electron chi connectivity index (χ1n) is 9.22. The largest absolute Gasteiger partial charge is 0.493 e. The molecule has 0 unspecified atom stereocenters. The Morgan fingerprint density at radius 2 is 1.86 bits per heavy atom. The molecule has 0 N–H and O–H groups in total. The number of methoxy groups -OCH3 is 1. The molecule has 3 rings (SSSR count). The molecule has 2 aromatic rings. The second kappa shape index (κ2) is 9.46.